The molecule has 1 amide bonds. The number of esters is 1. The topological polar surface area (TPSA) is 73.9 Å². The summed E-state index contributed by atoms with van der Waals surface area (Å²) in [5.41, 5.74) is 1.02. The average Bonchev–Trinajstić information content (AvgIpc) is 2.66. The highest BCUT2D eigenvalue weighted by molar-refractivity contribution is 9.10. The van der Waals surface area contributed by atoms with Crippen LogP contribution in [0.25, 0.3) is 0 Å². The Bertz CT molecular complexity index is 807. The lowest BCUT2D eigenvalue weighted by Crippen LogP contribution is -2.16. The number of hydrogen-bond donors (Lipinski definition) is 1. The minimum Gasteiger partial charge on any atom is -0.493 e. The summed E-state index contributed by atoms with van der Waals surface area (Å²) in [5, 5.41) is 2.74. The van der Waals surface area contributed by atoms with Crippen LogP contribution in [0, 0.1) is 0 Å². The van der Waals surface area contributed by atoms with Crippen molar-refractivity contribution in [3.63, 3.8) is 0 Å². The SMILES string of the molecule is CCCOC(=O)c1cc(Br)ccc1NC(=O)c1ccc(OC)c(OC)c1. The van der Waals surface area contributed by atoms with Gasteiger partial charge >= 0.3 is 5.97 Å². The van der Waals surface area contributed by atoms with E-state index in [0.29, 0.717) is 40.3 Å². The van der Waals surface area contributed by atoms with E-state index in [9.17, 15) is 9.59 Å². The van der Waals surface area contributed by atoms with Gasteiger partial charge in [0.15, 0.2) is 11.5 Å². The lowest BCUT2D eigenvalue weighted by molar-refractivity contribution is 0.0506. The summed E-state index contributed by atoms with van der Waals surface area (Å²) in [4.78, 5) is 24.8. The molecule has 0 unspecified atom stereocenters. The van der Waals surface area contributed by atoms with Crippen molar-refractivity contribution < 1.29 is 23.8 Å². The van der Waals surface area contributed by atoms with E-state index >= 15 is 0 Å². The van der Waals surface area contributed by atoms with Crippen LogP contribution in [0.2, 0.25) is 0 Å². The highest BCUT2D eigenvalue weighted by Crippen LogP contribution is 2.28. The van der Waals surface area contributed by atoms with Crippen LogP contribution in [0.5, 0.6) is 11.5 Å². The molecule has 0 saturated heterocycles. The van der Waals surface area contributed by atoms with Gasteiger partial charge in [0.25, 0.3) is 5.91 Å². The molecular formula is C19H20BrNO5. The van der Waals surface area contributed by atoms with Crippen molar-refractivity contribution in [1.29, 1.82) is 0 Å². The number of carbonyl (C=O) groups excluding carboxylic acids is 2. The molecule has 2 rings (SSSR count). The van der Waals surface area contributed by atoms with Gasteiger partial charge < -0.3 is 19.5 Å². The predicted octanol–water partition coefficient (Wildman–Crippen LogP) is 4.29. The fourth-order valence-corrected chi connectivity index (χ4v) is 2.60. The molecule has 2 aromatic carbocycles. The molecule has 7 heteroatoms. The van der Waals surface area contributed by atoms with E-state index in [-0.39, 0.29) is 11.5 Å². The third kappa shape index (κ3) is 4.76. The zero-order valence-electron chi connectivity index (χ0n) is 14.8. The maximum atomic E-state index is 12.6. The highest BCUT2D eigenvalue weighted by atomic mass is 79.9. The largest absolute Gasteiger partial charge is 0.493 e. The summed E-state index contributed by atoms with van der Waals surface area (Å²) in [5.74, 6) is 0.101. The molecule has 0 atom stereocenters. The van der Waals surface area contributed by atoms with Crippen molar-refractivity contribution in [1.82, 2.24) is 0 Å². The summed E-state index contributed by atoms with van der Waals surface area (Å²) >= 11 is 3.33. The van der Waals surface area contributed by atoms with Gasteiger partial charge in [-0.15, -0.1) is 0 Å². The number of carbonyl (C=O) groups is 2. The van der Waals surface area contributed by atoms with E-state index in [1.54, 1.807) is 36.4 Å². The molecule has 2 aromatic rings. The van der Waals surface area contributed by atoms with Crippen molar-refractivity contribution in [2.45, 2.75) is 13.3 Å². The molecule has 1 N–H and O–H groups in total. The van der Waals surface area contributed by atoms with Crippen LogP contribution < -0.4 is 14.8 Å². The Balaban J connectivity index is 2.27. The maximum absolute atomic E-state index is 12.6. The molecule has 0 fully saturated rings. The van der Waals surface area contributed by atoms with E-state index in [2.05, 4.69) is 21.2 Å². The Hall–Kier alpha value is -2.54. The number of nitrogens with one attached hydrogen (secondary N) is 1. The molecule has 0 radical (unpaired) electrons. The second kappa shape index (κ2) is 9.24. The van der Waals surface area contributed by atoms with E-state index in [1.807, 2.05) is 6.92 Å². The number of halogens is 1. The van der Waals surface area contributed by atoms with Gasteiger partial charge in [0, 0.05) is 10.0 Å². The molecule has 0 aromatic heterocycles. The van der Waals surface area contributed by atoms with Crippen molar-refractivity contribution in [3.8, 4) is 11.5 Å². The van der Waals surface area contributed by atoms with E-state index in [1.165, 1.54) is 14.2 Å². The highest BCUT2D eigenvalue weighted by Gasteiger charge is 2.17. The van der Waals surface area contributed by atoms with Gasteiger partial charge in [-0.2, -0.15) is 0 Å². The molecule has 0 spiro atoms. The van der Waals surface area contributed by atoms with Crippen molar-refractivity contribution in [2.75, 3.05) is 26.1 Å². The minimum atomic E-state index is -0.490. The lowest BCUT2D eigenvalue weighted by Gasteiger charge is -2.13. The number of hydrogen-bond acceptors (Lipinski definition) is 5. The van der Waals surface area contributed by atoms with Gasteiger partial charge in [0.1, 0.15) is 0 Å². The summed E-state index contributed by atoms with van der Waals surface area (Å²) in [7, 11) is 3.02. The predicted molar refractivity (Wildman–Crippen MR) is 102 cm³/mol. The quantitative estimate of drug-likeness (QED) is 0.675. The van der Waals surface area contributed by atoms with Gasteiger partial charge in [0.2, 0.25) is 0 Å². The Morgan fingerprint density at radius 1 is 1.04 bits per heavy atom. The third-order valence-electron chi connectivity index (χ3n) is 3.53. The second-order valence-electron chi connectivity index (χ2n) is 5.35. The van der Waals surface area contributed by atoms with Crippen molar-refractivity contribution in [3.05, 3.63) is 52.0 Å². The molecule has 0 aliphatic heterocycles. The van der Waals surface area contributed by atoms with Crippen LogP contribution in [-0.2, 0) is 4.74 Å². The number of amides is 1. The normalized spacial score (nSPS) is 10.2. The van der Waals surface area contributed by atoms with Crippen LogP contribution >= 0.6 is 15.9 Å². The number of anilines is 1. The Labute approximate surface area is 160 Å². The van der Waals surface area contributed by atoms with Crippen LogP contribution in [-0.4, -0.2) is 32.7 Å². The fraction of sp³-hybridized carbons (Fsp3) is 0.263. The minimum absolute atomic E-state index is 0.279. The van der Waals surface area contributed by atoms with Crippen molar-refractivity contribution in [2.24, 2.45) is 0 Å². The Kier molecular flexibility index (Phi) is 7.03. The molecule has 0 aliphatic rings. The fourth-order valence-electron chi connectivity index (χ4n) is 2.24. The molecule has 0 heterocycles. The maximum Gasteiger partial charge on any atom is 0.340 e. The summed E-state index contributed by atoms with van der Waals surface area (Å²) < 4.78 is 16.3. The second-order valence-corrected chi connectivity index (χ2v) is 6.27. The molecule has 0 aliphatic carbocycles. The third-order valence-corrected chi connectivity index (χ3v) is 4.03. The number of ether oxygens (including phenoxy) is 3. The van der Waals surface area contributed by atoms with Gasteiger partial charge in [0.05, 0.1) is 32.1 Å². The average molecular weight is 422 g/mol. The number of rotatable bonds is 7. The first-order chi connectivity index (χ1) is 12.5. The van der Waals surface area contributed by atoms with E-state index < -0.39 is 5.97 Å². The van der Waals surface area contributed by atoms with Gasteiger partial charge in [-0.1, -0.05) is 22.9 Å². The smallest absolute Gasteiger partial charge is 0.340 e. The molecule has 6 nitrogen and oxygen atoms in total. The Morgan fingerprint density at radius 3 is 2.42 bits per heavy atom. The zero-order chi connectivity index (χ0) is 19.1. The van der Waals surface area contributed by atoms with E-state index in [4.69, 9.17) is 14.2 Å². The lowest BCUT2D eigenvalue weighted by atomic mass is 10.1. The van der Waals surface area contributed by atoms with Gasteiger partial charge in [-0.3, -0.25) is 4.79 Å². The number of methoxy groups -OCH3 is 2. The van der Waals surface area contributed by atoms with Crippen LogP contribution in [0.1, 0.15) is 34.1 Å². The van der Waals surface area contributed by atoms with Crippen LogP contribution in [0.4, 0.5) is 5.69 Å². The molecule has 0 bridgehead atoms. The summed E-state index contributed by atoms with van der Waals surface area (Å²) in [6.45, 7) is 2.22. The molecule has 26 heavy (non-hydrogen) atoms. The number of benzene rings is 2. The first-order valence-electron chi connectivity index (χ1n) is 8.00. The zero-order valence-corrected chi connectivity index (χ0v) is 16.4. The Morgan fingerprint density at radius 2 is 1.77 bits per heavy atom. The van der Waals surface area contributed by atoms with Crippen molar-refractivity contribution >= 4 is 33.5 Å². The van der Waals surface area contributed by atoms with Crippen LogP contribution in [0.3, 0.4) is 0 Å². The molecular weight excluding hydrogens is 402 g/mol. The first-order valence-corrected chi connectivity index (χ1v) is 8.79. The van der Waals surface area contributed by atoms with Gasteiger partial charge in [-0.25, -0.2) is 4.79 Å². The summed E-state index contributed by atoms with van der Waals surface area (Å²) in [6.07, 6.45) is 0.715. The summed E-state index contributed by atoms with van der Waals surface area (Å²) in [6, 6.07) is 9.83. The van der Waals surface area contributed by atoms with Gasteiger partial charge in [-0.05, 0) is 42.8 Å². The molecule has 138 valence electrons. The molecule has 0 saturated carbocycles. The van der Waals surface area contributed by atoms with E-state index in [0.717, 1.165) is 0 Å². The monoisotopic (exact) mass is 421 g/mol. The standard InChI is InChI=1S/C19H20BrNO5/c1-4-9-26-19(23)14-11-13(20)6-7-15(14)21-18(22)12-5-8-16(24-2)17(10-12)25-3/h5-8,10-11H,4,9H2,1-3H3,(H,21,22). The first kappa shape index (κ1) is 19.8. The van der Waals surface area contributed by atoms with Crippen LogP contribution in [0.15, 0.2) is 40.9 Å².